The first-order chi connectivity index (χ1) is 9.56. The second-order valence-corrected chi connectivity index (χ2v) is 5.38. The number of hydrogen-bond donors (Lipinski definition) is 0. The summed E-state index contributed by atoms with van der Waals surface area (Å²) in [7, 11) is 0. The van der Waals surface area contributed by atoms with E-state index >= 15 is 0 Å². The quantitative estimate of drug-likeness (QED) is 0.854. The lowest BCUT2D eigenvalue weighted by atomic mass is 9.92. The Labute approximate surface area is 122 Å². The maximum Gasteiger partial charge on any atom is 0.144 e. The molecule has 0 amide bonds. The van der Waals surface area contributed by atoms with Gasteiger partial charge in [-0.15, -0.1) is 0 Å². The molecule has 0 heterocycles. The minimum Gasteiger partial charge on any atom is -0.368 e. The van der Waals surface area contributed by atoms with E-state index in [1.54, 1.807) is 12.1 Å². The van der Waals surface area contributed by atoms with E-state index in [1.165, 1.54) is 6.07 Å². The first-order valence-electron chi connectivity index (χ1n) is 6.74. The largest absolute Gasteiger partial charge is 0.368 e. The average molecular weight is 295 g/mol. The van der Waals surface area contributed by atoms with Gasteiger partial charge >= 0.3 is 0 Å². The van der Waals surface area contributed by atoms with Crippen LogP contribution < -0.4 is 4.90 Å². The van der Waals surface area contributed by atoms with Crippen LogP contribution in [0.5, 0.6) is 0 Å². The van der Waals surface area contributed by atoms with Gasteiger partial charge in [0.15, 0.2) is 0 Å². The molecule has 1 aliphatic rings. The summed E-state index contributed by atoms with van der Waals surface area (Å²) in [6.45, 7) is 2.63. The number of nitrogens with zero attached hydrogens (tertiary/aromatic N) is 2. The smallest absolute Gasteiger partial charge is 0.144 e. The van der Waals surface area contributed by atoms with E-state index in [4.69, 9.17) is 16.9 Å². The first kappa shape index (κ1) is 14.8. The number of nitriles is 1. The van der Waals surface area contributed by atoms with Gasteiger partial charge in [-0.25, -0.2) is 4.39 Å². The molecule has 1 atom stereocenters. The van der Waals surface area contributed by atoms with E-state index in [0.717, 1.165) is 12.8 Å². The second kappa shape index (κ2) is 6.23. The Hall–Kier alpha value is -1.60. The normalized spacial score (nSPS) is 18.7. The average Bonchev–Trinajstić information content (AvgIpc) is 2.39. The zero-order chi connectivity index (χ0) is 14.7. The maximum absolute atomic E-state index is 13.9. The van der Waals surface area contributed by atoms with Crippen molar-refractivity contribution in [3.63, 3.8) is 0 Å². The van der Waals surface area contributed by atoms with Gasteiger partial charge in [0, 0.05) is 31.1 Å². The summed E-state index contributed by atoms with van der Waals surface area (Å²) in [6.07, 6.45) is 2.91. The highest BCUT2D eigenvalue weighted by Crippen LogP contribution is 2.30. The number of anilines is 1. The van der Waals surface area contributed by atoms with Gasteiger partial charge in [-0.05, 0) is 31.9 Å². The summed E-state index contributed by atoms with van der Waals surface area (Å²) in [4.78, 5) is 13.6. The van der Waals surface area contributed by atoms with Gasteiger partial charge in [-0.3, -0.25) is 4.79 Å². The van der Waals surface area contributed by atoms with Gasteiger partial charge < -0.3 is 4.90 Å². The molecule has 2 rings (SSSR count). The van der Waals surface area contributed by atoms with Crippen molar-refractivity contribution in [1.82, 2.24) is 0 Å². The molecule has 1 aliphatic carbocycles. The van der Waals surface area contributed by atoms with Gasteiger partial charge in [-0.1, -0.05) is 11.6 Å². The van der Waals surface area contributed by atoms with E-state index in [9.17, 15) is 9.18 Å². The zero-order valence-corrected chi connectivity index (χ0v) is 12.1. The van der Waals surface area contributed by atoms with E-state index in [0.29, 0.717) is 25.1 Å². The molecule has 0 N–H and O–H groups in total. The van der Waals surface area contributed by atoms with Crippen molar-refractivity contribution < 1.29 is 9.18 Å². The Morgan fingerprint density at radius 2 is 2.30 bits per heavy atom. The first-order valence-corrected chi connectivity index (χ1v) is 7.12. The number of halogens is 2. The van der Waals surface area contributed by atoms with Crippen LogP contribution in [0.3, 0.4) is 0 Å². The summed E-state index contributed by atoms with van der Waals surface area (Å²) in [5.41, 5.74) is 0.500. The number of ketones is 1. The molecule has 106 valence electrons. The number of Topliss-reactive ketones (excluding diaryl/α,β-unsaturated/α-hetero) is 1. The minimum atomic E-state index is -0.615. The van der Waals surface area contributed by atoms with Gasteiger partial charge in [0.1, 0.15) is 23.2 Å². The monoisotopic (exact) mass is 294 g/mol. The molecule has 1 aromatic rings. The molecule has 1 saturated carbocycles. The predicted molar refractivity (Wildman–Crippen MR) is 76.4 cm³/mol. The molecule has 0 aliphatic heterocycles. The highest BCUT2D eigenvalue weighted by atomic mass is 35.5. The summed E-state index contributed by atoms with van der Waals surface area (Å²) < 4.78 is 13.9. The third-order valence-corrected chi connectivity index (χ3v) is 4.01. The number of rotatable bonds is 3. The fourth-order valence-electron chi connectivity index (χ4n) is 2.75. The third kappa shape index (κ3) is 2.94. The molecule has 1 fully saturated rings. The minimum absolute atomic E-state index is 0.0876. The zero-order valence-electron chi connectivity index (χ0n) is 11.3. The van der Waals surface area contributed by atoms with E-state index in [2.05, 4.69) is 0 Å². The molecule has 3 nitrogen and oxygen atoms in total. The molecule has 1 unspecified atom stereocenters. The van der Waals surface area contributed by atoms with Crippen LogP contribution in [0.15, 0.2) is 12.1 Å². The van der Waals surface area contributed by atoms with Crippen LogP contribution in [0.2, 0.25) is 5.02 Å². The van der Waals surface area contributed by atoms with Crippen LogP contribution in [0, 0.1) is 17.1 Å². The number of hydrogen-bond acceptors (Lipinski definition) is 3. The number of benzene rings is 1. The van der Waals surface area contributed by atoms with E-state index < -0.39 is 5.82 Å². The maximum atomic E-state index is 13.9. The SMILES string of the molecule is CCN(c1cc(F)c(C#N)c(Cl)c1)C1CCCC(=O)C1. The van der Waals surface area contributed by atoms with Crippen molar-refractivity contribution >= 4 is 23.1 Å². The molecular weight excluding hydrogens is 279 g/mol. The second-order valence-electron chi connectivity index (χ2n) is 4.97. The van der Waals surface area contributed by atoms with Crippen molar-refractivity contribution in [3.8, 4) is 6.07 Å². The molecule has 20 heavy (non-hydrogen) atoms. The molecule has 0 bridgehead atoms. The lowest BCUT2D eigenvalue weighted by Crippen LogP contribution is -2.39. The van der Waals surface area contributed by atoms with Crippen LogP contribution >= 0.6 is 11.6 Å². The van der Waals surface area contributed by atoms with Crippen LogP contribution in [0.1, 0.15) is 38.2 Å². The highest BCUT2D eigenvalue weighted by molar-refractivity contribution is 6.32. The van der Waals surface area contributed by atoms with Gasteiger partial charge in [-0.2, -0.15) is 5.26 Å². The Morgan fingerprint density at radius 3 is 2.85 bits per heavy atom. The fourth-order valence-corrected chi connectivity index (χ4v) is 3.00. The number of carbonyl (C=O) groups excluding carboxylic acids is 1. The standard InChI is InChI=1S/C15H16ClFN2O/c1-2-19(10-4-3-5-12(20)6-10)11-7-14(16)13(9-18)15(17)8-11/h7-8,10H,2-6H2,1H3. The highest BCUT2D eigenvalue weighted by Gasteiger charge is 2.25. The van der Waals surface area contributed by atoms with Crippen molar-refractivity contribution in [3.05, 3.63) is 28.5 Å². The molecule has 0 radical (unpaired) electrons. The summed E-state index contributed by atoms with van der Waals surface area (Å²) in [5.74, 6) is -0.365. The van der Waals surface area contributed by atoms with Crippen molar-refractivity contribution in [2.75, 3.05) is 11.4 Å². The van der Waals surface area contributed by atoms with Crippen LogP contribution in [-0.2, 0) is 4.79 Å². The third-order valence-electron chi connectivity index (χ3n) is 3.71. The Balaban J connectivity index is 2.32. The Morgan fingerprint density at radius 1 is 1.55 bits per heavy atom. The topological polar surface area (TPSA) is 44.1 Å². The van der Waals surface area contributed by atoms with Gasteiger partial charge in [0.2, 0.25) is 0 Å². The predicted octanol–water partition coefficient (Wildman–Crippen LogP) is 3.69. The van der Waals surface area contributed by atoms with Crippen LogP contribution in [0.4, 0.5) is 10.1 Å². The lowest BCUT2D eigenvalue weighted by molar-refractivity contribution is -0.120. The number of carbonyl (C=O) groups is 1. The van der Waals surface area contributed by atoms with Crippen molar-refractivity contribution in [2.24, 2.45) is 0 Å². The van der Waals surface area contributed by atoms with Gasteiger partial charge in [0.05, 0.1) is 5.02 Å². The van der Waals surface area contributed by atoms with Crippen LogP contribution in [-0.4, -0.2) is 18.4 Å². The summed E-state index contributed by atoms with van der Waals surface area (Å²) in [6, 6.07) is 4.77. The van der Waals surface area contributed by atoms with Crippen molar-refractivity contribution in [1.29, 1.82) is 5.26 Å². The van der Waals surface area contributed by atoms with E-state index in [-0.39, 0.29) is 22.4 Å². The Kier molecular flexibility index (Phi) is 4.61. The summed E-state index contributed by atoms with van der Waals surface area (Å²) >= 11 is 5.95. The fraction of sp³-hybridized carbons (Fsp3) is 0.467. The molecule has 1 aromatic carbocycles. The molecule has 0 saturated heterocycles. The molecule has 0 spiro atoms. The summed E-state index contributed by atoms with van der Waals surface area (Å²) in [5, 5.41) is 8.95. The van der Waals surface area contributed by atoms with E-state index in [1.807, 2.05) is 11.8 Å². The molecule has 0 aromatic heterocycles. The lowest BCUT2D eigenvalue weighted by Gasteiger charge is -2.35. The van der Waals surface area contributed by atoms with Gasteiger partial charge in [0.25, 0.3) is 0 Å². The van der Waals surface area contributed by atoms with Crippen molar-refractivity contribution in [2.45, 2.75) is 38.6 Å². The Bertz CT molecular complexity index is 544. The van der Waals surface area contributed by atoms with Crippen LogP contribution in [0.25, 0.3) is 0 Å². The molecule has 5 heteroatoms. The molecular formula is C15H16ClFN2O.